The normalized spacial score (nSPS) is 14.1. The number of H-pyrrole nitrogens is 1. The van der Waals surface area contributed by atoms with Crippen LogP contribution in [0, 0.1) is 0 Å². The largest absolute Gasteiger partial charge is 0.354 e. The molecule has 5 rings (SSSR count). The lowest BCUT2D eigenvalue weighted by Gasteiger charge is -2.12. The van der Waals surface area contributed by atoms with Gasteiger partial charge in [-0.1, -0.05) is 60.2 Å². The van der Waals surface area contributed by atoms with E-state index in [0.717, 1.165) is 28.9 Å². The fraction of sp³-hybridized carbons (Fsp3) is 0.0833. The Morgan fingerprint density at radius 3 is 2.50 bits per heavy atom. The summed E-state index contributed by atoms with van der Waals surface area (Å²) in [6.45, 7) is 0. The summed E-state index contributed by atoms with van der Waals surface area (Å²) < 4.78 is 0. The summed E-state index contributed by atoms with van der Waals surface area (Å²) in [4.78, 5) is 3.58. The Bertz CT molecular complexity index is 1180. The van der Waals surface area contributed by atoms with Gasteiger partial charge in [-0.3, -0.25) is 0 Å². The molecule has 1 heterocycles. The maximum absolute atomic E-state index is 6.30. The number of hydrogen-bond donors (Lipinski definition) is 1. The zero-order valence-electron chi connectivity index (χ0n) is 14.3. The number of fused-ring (bicyclic) bond motifs is 3. The van der Waals surface area contributed by atoms with E-state index in [1.807, 2.05) is 6.07 Å². The van der Waals surface area contributed by atoms with Crippen molar-refractivity contribution >= 4 is 39.0 Å². The third kappa shape index (κ3) is 2.56. The minimum Gasteiger partial charge on any atom is -0.354 e. The van der Waals surface area contributed by atoms with Crippen LogP contribution in [0.4, 0.5) is 0 Å². The Balaban J connectivity index is 1.87. The molecule has 1 aliphatic carbocycles. The molecule has 1 aromatic heterocycles. The summed E-state index contributed by atoms with van der Waals surface area (Å²) in [5, 5.41) is 3.20. The maximum atomic E-state index is 6.30. The molecule has 0 atom stereocenters. The van der Waals surface area contributed by atoms with E-state index < -0.39 is 0 Å². The first-order valence-electron chi connectivity index (χ1n) is 8.97. The third-order valence-corrected chi connectivity index (χ3v) is 5.31. The van der Waals surface area contributed by atoms with Crippen LogP contribution in [0.15, 0.2) is 78.9 Å². The van der Waals surface area contributed by atoms with Gasteiger partial charge in [-0.05, 0) is 65.4 Å². The number of aromatic amines is 1. The van der Waals surface area contributed by atoms with E-state index in [9.17, 15) is 0 Å². The number of nitrogens with one attached hydrogen (secondary N) is 1. The smallest absolute Gasteiger partial charge is 0.0477 e. The lowest BCUT2D eigenvalue weighted by atomic mass is 9.92. The van der Waals surface area contributed by atoms with Gasteiger partial charge in [0.1, 0.15) is 0 Å². The van der Waals surface area contributed by atoms with E-state index >= 15 is 0 Å². The van der Waals surface area contributed by atoms with Crippen LogP contribution < -0.4 is 0 Å². The fourth-order valence-electron chi connectivity index (χ4n) is 3.85. The van der Waals surface area contributed by atoms with Crippen molar-refractivity contribution in [2.45, 2.75) is 12.8 Å². The molecule has 0 saturated carbocycles. The summed E-state index contributed by atoms with van der Waals surface area (Å²) in [5.41, 5.74) is 7.29. The summed E-state index contributed by atoms with van der Waals surface area (Å²) in [5.74, 6) is 0. The van der Waals surface area contributed by atoms with Gasteiger partial charge in [0.05, 0.1) is 0 Å². The highest BCUT2D eigenvalue weighted by molar-refractivity contribution is 6.32. The van der Waals surface area contributed by atoms with Crippen LogP contribution in [-0.2, 0) is 0 Å². The fourth-order valence-corrected chi connectivity index (χ4v) is 4.02. The van der Waals surface area contributed by atoms with Crippen LogP contribution in [0.2, 0.25) is 5.02 Å². The molecule has 26 heavy (non-hydrogen) atoms. The maximum Gasteiger partial charge on any atom is 0.0477 e. The summed E-state index contributed by atoms with van der Waals surface area (Å²) >= 11 is 6.30. The molecular weight excluding hydrogens is 338 g/mol. The first kappa shape index (κ1) is 15.5. The van der Waals surface area contributed by atoms with Gasteiger partial charge in [0, 0.05) is 26.8 Å². The monoisotopic (exact) mass is 355 g/mol. The molecule has 3 aromatic carbocycles. The van der Waals surface area contributed by atoms with Crippen molar-refractivity contribution in [3.63, 3.8) is 0 Å². The van der Waals surface area contributed by atoms with Gasteiger partial charge in [0.15, 0.2) is 0 Å². The second-order valence-electron chi connectivity index (χ2n) is 6.77. The van der Waals surface area contributed by atoms with Crippen LogP contribution in [0.25, 0.3) is 38.5 Å². The highest BCUT2D eigenvalue weighted by Crippen LogP contribution is 2.38. The van der Waals surface area contributed by atoms with Gasteiger partial charge >= 0.3 is 0 Å². The van der Waals surface area contributed by atoms with Crippen molar-refractivity contribution in [2.24, 2.45) is 0 Å². The lowest BCUT2D eigenvalue weighted by molar-refractivity contribution is 1.04. The number of halogens is 1. The van der Waals surface area contributed by atoms with Gasteiger partial charge in [-0.2, -0.15) is 0 Å². The molecular formula is C24H18ClN. The van der Waals surface area contributed by atoms with Gasteiger partial charge in [-0.15, -0.1) is 0 Å². The number of allylic oxidation sites excluding steroid dienone is 4. The molecule has 0 saturated heterocycles. The van der Waals surface area contributed by atoms with Crippen molar-refractivity contribution < 1.29 is 0 Å². The van der Waals surface area contributed by atoms with Crippen molar-refractivity contribution in [2.75, 3.05) is 0 Å². The van der Waals surface area contributed by atoms with Crippen molar-refractivity contribution in [1.82, 2.24) is 4.98 Å². The Kier molecular flexibility index (Phi) is 3.69. The van der Waals surface area contributed by atoms with E-state index in [4.69, 9.17) is 11.6 Å². The van der Waals surface area contributed by atoms with Crippen molar-refractivity contribution in [3.8, 4) is 11.1 Å². The van der Waals surface area contributed by atoms with E-state index in [-0.39, 0.29) is 0 Å². The predicted molar refractivity (Wildman–Crippen MR) is 113 cm³/mol. The Morgan fingerprint density at radius 1 is 0.808 bits per heavy atom. The summed E-state index contributed by atoms with van der Waals surface area (Å²) in [6.07, 6.45) is 9.05. The Morgan fingerprint density at radius 2 is 1.69 bits per heavy atom. The number of hydrogen-bond acceptors (Lipinski definition) is 0. The van der Waals surface area contributed by atoms with Crippen LogP contribution in [0.5, 0.6) is 0 Å². The third-order valence-electron chi connectivity index (χ3n) is 5.07. The Hall–Kier alpha value is -2.77. The molecule has 2 heteroatoms. The van der Waals surface area contributed by atoms with E-state index in [0.29, 0.717) is 0 Å². The molecule has 1 aliphatic rings. The van der Waals surface area contributed by atoms with E-state index in [2.05, 4.69) is 77.8 Å². The van der Waals surface area contributed by atoms with E-state index in [1.165, 1.54) is 33.0 Å². The molecule has 1 N–H and O–H groups in total. The first-order chi connectivity index (χ1) is 12.8. The van der Waals surface area contributed by atoms with Gasteiger partial charge in [-0.25, -0.2) is 0 Å². The SMILES string of the molecule is Clc1ccc2[nH]c3cc(-c4ccccc4)cc(C4=CCCC=C4)c3c2c1. The molecule has 126 valence electrons. The molecule has 0 aliphatic heterocycles. The van der Waals surface area contributed by atoms with Gasteiger partial charge < -0.3 is 4.98 Å². The number of benzene rings is 3. The molecule has 0 amide bonds. The van der Waals surface area contributed by atoms with Gasteiger partial charge in [0.2, 0.25) is 0 Å². The average Bonchev–Trinajstić information content (AvgIpc) is 3.06. The minimum absolute atomic E-state index is 0.768. The van der Waals surface area contributed by atoms with Crippen LogP contribution in [0.1, 0.15) is 18.4 Å². The second-order valence-corrected chi connectivity index (χ2v) is 7.20. The topological polar surface area (TPSA) is 15.8 Å². The second kappa shape index (κ2) is 6.19. The molecule has 0 fully saturated rings. The van der Waals surface area contributed by atoms with Crippen LogP contribution >= 0.6 is 11.6 Å². The summed E-state index contributed by atoms with van der Waals surface area (Å²) in [7, 11) is 0. The molecule has 4 aromatic rings. The quantitative estimate of drug-likeness (QED) is 0.386. The van der Waals surface area contributed by atoms with Crippen LogP contribution in [-0.4, -0.2) is 4.98 Å². The molecule has 0 bridgehead atoms. The van der Waals surface area contributed by atoms with Crippen molar-refractivity contribution in [1.29, 1.82) is 0 Å². The zero-order chi connectivity index (χ0) is 17.5. The standard InChI is InChI=1S/C24H18ClN/c25-19-11-12-22-21(15-19)24-20(17-9-5-2-6-10-17)13-18(14-23(24)26-22)16-7-3-1-4-8-16/h1,3-5,7-15,26H,2,6H2. The first-order valence-corrected chi connectivity index (χ1v) is 9.35. The number of rotatable bonds is 2. The molecule has 0 spiro atoms. The van der Waals surface area contributed by atoms with Gasteiger partial charge in [0.25, 0.3) is 0 Å². The highest BCUT2D eigenvalue weighted by Gasteiger charge is 2.14. The average molecular weight is 356 g/mol. The predicted octanol–water partition coefficient (Wildman–Crippen LogP) is 7.37. The lowest BCUT2D eigenvalue weighted by Crippen LogP contribution is -1.89. The number of aromatic nitrogens is 1. The Labute approximate surface area is 157 Å². The summed E-state index contributed by atoms with van der Waals surface area (Å²) in [6, 6.07) is 21.2. The van der Waals surface area contributed by atoms with Crippen molar-refractivity contribution in [3.05, 3.63) is 89.5 Å². The highest BCUT2D eigenvalue weighted by atomic mass is 35.5. The molecule has 0 unspecified atom stereocenters. The zero-order valence-corrected chi connectivity index (χ0v) is 15.1. The van der Waals surface area contributed by atoms with E-state index in [1.54, 1.807) is 0 Å². The molecule has 0 radical (unpaired) electrons. The van der Waals surface area contributed by atoms with Crippen LogP contribution in [0.3, 0.4) is 0 Å². The minimum atomic E-state index is 0.768. The molecule has 1 nitrogen and oxygen atoms in total.